The Hall–Kier alpha value is -1.27. The van der Waals surface area contributed by atoms with E-state index in [2.05, 4.69) is 0 Å². The van der Waals surface area contributed by atoms with Gasteiger partial charge in [-0.3, -0.25) is 0 Å². The van der Waals surface area contributed by atoms with Gasteiger partial charge in [-0.05, 0) is 12.8 Å². The summed E-state index contributed by atoms with van der Waals surface area (Å²) < 4.78 is 4.83. The van der Waals surface area contributed by atoms with Gasteiger partial charge >= 0.3 is 5.97 Å². The number of hydrogen-bond acceptors (Lipinski definition) is 6. The number of carbonyl (C=O) groups excluding carboxylic acids is 1. The van der Waals surface area contributed by atoms with Gasteiger partial charge in [0.25, 0.3) is 0 Å². The number of aliphatic hydroxyl groups excluding tert-OH is 3. The van der Waals surface area contributed by atoms with E-state index in [1.165, 1.54) is 0 Å². The van der Waals surface area contributed by atoms with E-state index in [1.807, 2.05) is 13.8 Å². The van der Waals surface area contributed by atoms with Crippen LogP contribution in [0.5, 0.6) is 0 Å². The minimum atomic E-state index is -1.78. The number of unbranched alkanes of at least 4 members (excludes halogenated alkanes) is 2. The molecular formula is C14H24O6. The first kappa shape index (κ1) is 16.8. The number of esters is 1. The maximum Gasteiger partial charge on any atom is 0.378 e. The second kappa shape index (κ2) is 6.95. The Morgan fingerprint density at radius 2 is 1.85 bits per heavy atom. The molecule has 0 saturated carbocycles. The van der Waals surface area contributed by atoms with Crippen molar-refractivity contribution in [2.45, 2.75) is 70.2 Å². The van der Waals surface area contributed by atoms with Gasteiger partial charge in [0.05, 0.1) is 6.10 Å². The van der Waals surface area contributed by atoms with Crippen LogP contribution in [0.3, 0.4) is 0 Å². The smallest absolute Gasteiger partial charge is 0.378 e. The molecule has 0 aliphatic carbocycles. The molecule has 0 saturated heterocycles. The lowest BCUT2D eigenvalue weighted by Crippen LogP contribution is -2.53. The summed E-state index contributed by atoms with van der Waals surface area (Å²) in [6, 6.07) is 0. The molecular weight excluding hydrogens is 264 g/mol. The second-order valence-electron chi connectivity index (χ2n) is 5.27. The fourth-order valence-corrected chi connectivity index (χ4v) is 2.37. The maximum atomic E-state index is 11.3. The van der Waals surface area contributed by atoms with Gasteiger partial charge in [0.2, 0.25) is 5.76 Å². The normalized spacial score (nSPS) is 23.6. The number of ether oxygens (including phenoxy) is 1. The lowest BCUT2D eigenvalue weighted by atomic mass is 9.82. The van der Waals surface area contributed by atoms with E-state index in [1.54, 1.807) is 0 Å². The maximum absolute atomic E-state index is 11.3. The summed E-state index contributed by atoms with van der Waals surface area (Å²) in [5.74, 6) is -2.68. The summed E-state index contributed by atoms with van der Waals surface area (Å²) in [4.78, 5) is 11.3. The molecule has 1 aliphatic heterocycles. The van der Waals surface area contributed by atoms with E-state index >= 15 is 0 Å². The van der Waals surface area contributed by atoms with Crippen LogP contribution < -0.4 is 0 Å². The summed E-state index contributed by atoms with van der Waals surface area (Å²) in [5.41, 5.74) is -1.78. The molecule has 0 aromatic rings. The molecule has 1 rings (SSSR count). The molecule has 1 unspecified atom stereocenters. The first-order valence-electron chi connectivity index (χ1n) is 7.12. The van der Waals surface area contributed by atoms with Crippen molar-refractivity contribution in [3.8, 4) is 0 Å². The number of hydrogen-bond donors (Lipinski definition) is 4. The SMILES string of the molecule is CCCCC(O)[C@@](O)(CCCC)[C@H]1OC(=O)C(O)=C1O. The monoisotopic (exact) mass is 288 g/mol. The molecule has 0 radical (unpaired) electrons. The zero-order chi connectivity index (χ0) is 15.3. The van der Waals surface area contributed by atoms with Gasteiger partial charge in [-0.2, -0.15) is 0 Å². The number of aliphatic hydroxyl groups is 4. The van der Waals surface area contributed by atoms with Crippen LogP contribution in [0, 0.1) is 0 Å². The molecule has 0 spiro atoms. The average molecular weight is 288 g/mol. The van der Waals surface area contributed by atoms with E-state index in [4.69, 9.17) is 4.74 Å². The third kappa shape index (κ3) is 3.24. The molecule has 0 aromatic heterocycles. The zero-order valence-corrected chi connectivity index (χ0v) is 12.0. The Labute approximate surface area is 118 Å². The molecule has 6 nitrogen and oxygen atoms in total. The standard InChI is InChI=1S/C14H24O6/c1-3-5-7-9(15)14(19,8-6-4-2)12-10(16)11(17)13(18)20-12/h9,12,15-17,19H,3-8H2,1-2H3/t9?,12-,14-/m0/s1. The van der Waals surface area contributed by atoms with Crippen molar-refractivity contribution in [1.82, 2.24) is 0 Å². The summed E-state index contributed by atoms with van der Waals surface area (Å²) in [6.07, 6.45) is 0.878. The Morgan fingerprint density at radius 3 is 2.30 bits per heavy atom. The summed E-state index contributed by atoms with van der Waals surface area (Å²) in [7, 11) is 0. The van der Waals surface area contributed by atoms with Crippen molar-refractivity contribution in [3.05, 3.63) is 11.5 Å². The highest BCUT2D eigenvalue weighted by Crippen LogP contribution is 2.35. The van der Waals surface area contributed by atoms with Crippen LogP contribution in [-0.2, 0) is 9.53 Å². The molecule has 0 bridgehead atoms. The van der Waals surface area contributed by atoms with E-state index in [9.17, 15) is 25.2 Å². The molecule has 3 atom stereocenters. The van der Waals surface area contributed by atoms with Crippen molar-refractivity contribution < 1.29 is 30.0 Å². The van der Waals surface area contributed by atoms with Gasteiger partial charge < -0.3 is 25.2 Å². The van der Waals surface area contributed by atoms with Crippen LogP contribution in [0.4, 0.5) is 0 Å². The minimum Gasteiger partial charge on any atom is -0.505 e. The van der Waals surface area contributed by atoms with Crippen LogP contribution in [-0.4, -0.2) is 44.2 Å². The summed E-state index contributed by atoms with van der Waals surface area (Å²) in [5, 5.41) is 40.0. The van der Waals surface area contributed by atoms with E-state index in [0.717, 1.165) is 12.8 Å². The molecule has 0 aromatic carbocycles. The topological polar surface area (TPSA) is 107 Å². The van der Waals surface area contributed by atoms with Gasteiger partial charge in [-0.25, -0.2) is 4.79 Å². The van der Waals surface area contributed by atoms with Crippen LogP contribution in [0.1, 0.15) is 52.4 Å². The number of cyclic esters (lactones) is 1. The lowest BCUT2D eigenvalue weighted by Gasteiger charge is -2.36. The van der Waals surface area contributed by atoms with Gasteiger partial charge in [0.15, 0.2) is 11.9 Å². The first-order chi connectivity index (χ1) is 9.38. The van der Waals surface area contributed by atoms with E-state index in [-0.39, 0.29) is 6.42 Å². The van der Waals surface area contributed by atoms with Crippen LogP contribution in [0.15, 0.2) is 11.5 Å². The molecule has 6 heteroatoms. The predicted octanol–water partition coefficient (Wildman–Crippen LogP) is 1.71. The Balaban J connectivity index is 2.96. The van der Waals surface area contributed by atoms with Crippen molar-refractivity contribution >= 4 is 5.97 Å². The fraction of sp³-hybridized carbons (Fsp3) is 0.786. The van der Waals surface area contributed by atoms with Crippen LogP contribution in [0.25, 0.3) is 0 Å². The summed E-state index contributed by atoms with van der Waals surface area (Å²) >= 11 is 0. The van der Waals surface area contributed by atoms with Crippen molar-refractivity contribution in [1.29, 1.82) is 0 Å². The fourth-order valence-electron chi connectivity index (χ4n) is 2.37. The highest BCUT2D eigenvalue weighted by atomic mass is 16.6. The lowest BCUT2D eigenvalue weighted by molar-refractivity contribution is -0.175. The zero-order valence-electron chi connectivity index (χ0n) is 12.0. The minimum absolute atomic E-state index is 0.170. The third-order valence-corrected chi connectivity index (χ3v) is 3.70. The molecule has 0 amide bonds. The van der Waals surface area contributed by atoms with Crippen LogP contribution >= 0.6 is 0 Å². The molecule has 0 fully saturated rings. The second-order valence-corrected chi connectivity index (χ2v) is 5.27. The van der Waals surface area contributed by atoms with Crippen molar-refractivity contribution in [2.24, 2.45) is 0 Å². The number of rotatable bonds is 8. The molecule has 116 valence electrons. The highest BCUT2D eigenvalue weighted by molar-refractivity contribution is 5.89. The predicted molar refractivity (Wildman–Crippen MR) is 72.2 cm³/mol. The molecule has 4 N–H and O–H groups in total. The quantitative estimate of drug-likeness (QED) is 0.506. The average Bonchev–Trinajstić information content (AvgIpc) is 2.70. The molecule has 1 aliphatic rings. The van der Waals surface area contributed by atoms with Crippen molar-refractivity contribution in [2.75, 3.05) is 0 Å². The van der Waals surface area contributed by atoms with Crippen molar-refractivity contribution in [3.63, 3.8) is 0 Å². The Bertz CT molecular complexity index is 378. The first-order valence-corrected chi connectivity index (χ1v) is 7.12. The molecule has 1 heterocycles. The third-order valence-electron chi connectivity index (χ3n) is 3.70. The Morgan fingerprint density at radius 1 is 1.25 bits per heavy atom. The number of carbonyl (C=O) groups is 1. The highest BCUT2D eigenvalue weighted by Gasteiger charge is 2.52. The van der Waals surface area contributed by atoms with E-state index < -0.39 is 35.3 Å². The van der Waals surface area contributed by atoms with Gasteiger partial charge in [0, 0.05) is 0 Å². The van der Waals surface area contributed by atoms with Crippen LogP contribution in [0.2, 0.25) is 0 Å². The molecule has 20 heavy (non-hydrogen) atoms. The van der Waals surface area contributed by atoms with Gasteiger partial charge in [-0.1, -0.05) is 39.5 Å². The van der Waals surface area contributed by atoms with Gasteiger partial charge in [0.1, 0.15) is 5.60 Å². The largest absolute Gasteiger partial charge is 0.505 e. The Kier molecular flexibility index (Phi) is 5.83. The van der Waals surface area contributed by atoms with Gasteiger partial charge in [-0.15, -0.1) is 0 Å². The summed E-state index contributed by atoms with van der Waals surface area (Å²) in [6.45, 7) is 3.88. The van der Waals surface area contributed by atoms with E-state index in [0.29, 0.717) is 19.3 Å².